The number of rotatable bonds is 6. The van der Waals surface area contributed by atoms with E-state index in [1.807, 2.05) is 0 Å². The number of para-hydroxylation sites is 1. The van der Waals surface area contributed by atoms with Crippen LogP contribution < -0.4 is 14.2 Å². The molecule has 1 N–H and O–H groups in total. The fourth-order valence-electron chi connectivity index (χ4n) is 2.98. The number of nitrogens with one attached hydrogen (secondary N) is 1. The van der Waals surface area contributed by atoms with Crippen LogP contribution >= 0.6 is 0 Å². The summed E-state index contributed by atoms with van der Waals surface area (Å²) in [6, 6.07) is 4.24. The van der Waals surface area contributed by atoms with Crippen molar-refractivity contribution in [3.63, 3.8) is 0 Å². The molecule has 0 bridgehead atoms. The summed E-state index contributed by atoms with van der Waals surface area (Å²) < 4.78 is 74.7. The molecule has 7 nitrogen and oxygen atoms in total. The molecule has 1 fully saturated rings. The van der Waals surface area contributed by atoms with Crippen molar-refractivity contribution in [3.05, 3.63) is 42.9 Å². The summed E-state index contributed by atoms with van der Waals surface area (Å²) in [5.74, 6) is -0.369. The lowest BCUT2D eigenvalue weighted by atomic mass is 9.94. The van der Waals surface area contributed by atoms with Gasteiger partial charge in [0.15, 0.2) is 0 Å². The second kappa shape index (κ2) is 8.31. The van der Waals surface area contributed by atoms with E-state index in [4.69, 9.17) is 4.74 Å². The van der Waals surface area contributed by atoms with Crippen LogP contribution in [0.25, 0.3) is 0 Å². The van der Waals surface area contributed by atoms with Crippen LogP contribution in [0, 0.1) is 0 Å². The Morgan fingerprint density at radius 3 is 2.43 bits per heavy atom. The summed E-state index contributed by atoms with van der Waals surface area (Å²) in [6.07, 6.45) is 1.52. The van der Waals surface area contributed by atoms with Crippen molar-refractivity contribution in [3.8, 4) is 11.6 Å². The van der Waals surface area contributed by atoms with Gasteiger partial charge in [0.25, 0.3) is 0 Å². The highest BCUT2D eigenvalue weighted by Gasteiger charge is 2.35. The van der Waals surface area contributed by atoms with Crippen molar-refractivity contribution in [1.29, 1.82) is 0 Å². The molecule has 1 heterocycles. The summed E-state index contributed by atoms with van der Waals surface area (Å²) in [4.78, 5) is 7.39. The van der Waals surface area contributed by atoms with Crippen molar-refractivity contribution in [2.75, 3.05) is 0 Å². The topological polar surface area (TPSA) is 90.4 Å². The Morgan fingerprint density at radius 2 is 1.79 bits per heavy atom. The molecule has 1 saturated carbocycles. The fraction of sp³-hybridized carbons (Fsp3) is 0.412. The number of hydrogen-bond donors (Lipinski definition) is 1. The highest BCUT2D eigenvalue weighted by atomic mass is 32.2. The minimum atomic E-state index is -4.98. The third kappa shape index (κ3) is 5.55. The summed E-state index contributed by atoms with van der Waals surface area (Å²) in [5.41, 5.74) is 0. The van der Waals surface area contributed by atoms with E-state index in [0.717, 1.165) is 12.1 Å². The maximum Gasteiger partial charge on any atom is 0.573 e. The van der Waals surface area contributed by atoms with E-state index in [1.54, 1.807) is 0 Å². The SMILES string of the molecule is O=S(=O)(NC1CCC(Oc2cnccn2)CC1)c1ccccc1OC(F)(F)F. The number of benzene rings is 1. The first kappa shape index (κ1) is 20.3. The van der Waals surface area contributed by atoms with Gasteiger partial charge < -0.3 is 9.47 Å². The van der Waals surface area contributed by atoms with E-state index in [-0.39, 0.29) is 6.10 Å². The van der Waals surface area contributed by atoms with Crippen LogP contribution in [-0.4, -0.2) is 36.9 Å². The van der Waals surface area contributed by atoms with Crippen LogP contribution in [0.3, 0.4) is 0 Å². The lowest BCUT2D eigenvalue weighted by molar-refractivity contribution is -0.275. The second-order valence-corrected chi connectivity index (χ2v) is 7.93. The molecule has 1 aromatic carbocycles. The number of hydrogen-bond acceptors (Lipinski definition) is 6. The Labute approximate surface area is 160 Å². The number of halogens is 3. The van der Waals surface area contributed by atoms with Crippen LogP contribution in [0.15, 0.2) is 47.8 Å². The van der Waals surface area contributed by atoms with E-state index in [0.29, 0.717) is 31.6 Å². The average molecular weight is 417 g/mol. The van der Waals surface area contributed by atoms with Gasteiger partial charge in [-0.3, -0.25) is 4.98 Å². The monoisotopic (exact) mass is 417 g/mol. The van der Waals surface area contributed by atoms with Crippen LogP contribution in [0.2, 0.25) is 0 Å². The minimum absolute atomic E-state index is 0.127. The van der Waals surface area contributed by atoms with E-state index >= 15 is 0 Å². The molecule has 0 unspecified atom stereocenters. The predicted octanol–water partition coefficient (Wildman–Crippen LogP) is 3.04. The lowest BCUT2D eigenvalue weighted by Gasteiger charge is -2.29. The Morgan fingerprint density at radius 1 is 1.07 bits per heavy atom. The molecule has 1 aliphatic rings. The zero-order chi connectivity index (χ0) is 20.2. The molecule has 11 heteroatoms. The molecule has 3 rings (SSSR count). The number of aromatic nitrogens is 2. The first-order chi connectivity index (χ1) is 13.2. The van der Waals surface area contributed by atoms with E-state index < -0.39 is 33.1 Å². The van der Waals surface area contributed by atoms with Crippen molar-refractivity contribution < 1.29 is 31.1 Å². The van der Waals surface area contributed by atoms with E-state index in [1.165, 1.54) is 30.7 Å². The first-order valence-corrected chi connectivity index (χ1v) is 10.0. The number of sulfonamides is 1. The standard InChI is InChI=1S/C17H18F3N3O4S/c18-17(19,20)27-14-3-1-2-4-15(14)28(24,25)23-12-5-7-13(8-6-12)26-16-11-21-9-10-22-16/h1-4,9-13,23H,5-8H2. The minimum Gasteiger partial charge on any atom is -0.473 e. The smallest absolute Gasteiger partial charge is 0.473 e. The third-order valence-corrected chi connectivity index (χ3v) is 5.75. The zero-order valence-corrected chi connectivity index (χ0v) is 15.4. The molecule has 152 valence electrons. The Bertz CT molecular complexity index is 886. The number of alkyl halides is 3. The van der Waals surface area contributed by atoms with Gasteiger partial charge >= 0.3 is 6.36 Å². The fourth-order valence-corrected chi connectivity index (χ4v) is 4.41. The van der Waals surface area contributed by atoms with Gasteiger partial charge in [0.1, 0.15) is 16.7 Å². The highest BCUT2D eigenvalue weighted by molar-refractivity contribution is 7.89. The largest absolute Gasteiger partial charge is 0.573 e. The quantitative estimate of drug-likeness (QED) is 0.777. The summed E-state index contributed by atoms with van der Waals surface area (Å²) in [5, 5.41) is 0. The Hall–Kier alpha value is -2.40. The van der Waals surface area contributed by atoms with Crippen molar-refractivity contribution >= 4 is 10.0 Å². The molecule has 2 aromatic rings. The van der Waals surface area contributed by atoms with Crippen molar-refractivity contribution in [2.24, 2.45) is 0 Å². The lowest BCUT2D eigenvalue weighted by Crippen LogP contribution is -2.40. The Kier molecular flexibility index (Phi) is 6.04. The molecule has 0 radical (unpaired) electrons. The molecule has 0 atom stereocenters. The highest BCUT2D eigenvalue weighted by Crippen LogP contribution is 2.30. The molecule has 0 amide bonds. The van der Waals surface area contributed by atoms with Gasteiger partial charge in [-0.05, 0) is 37.8 Å². The van der Waals surface area contributed by atoms with Gasteiger partial charge in [-0.25, -0.2) is 18.1 Å². The maximum absolute atomic E-state index is 12.6. The van der Waals surface area contributed by atoms with E-state index in [2.05, 4.69) is 19.4 Å². The zero-order valence-electron chi connectivity index (χ0n) is 14.6. The molecular formula is C17H18F3N3O4S. The van der Waals surface area contributed by atoms with E-state index in [9.17, 15) is 21.6 Å². The predicted molar refractivity (Wildman–Crippen MR) is 92.2 cm³/mol. The van der Waals surface area contributed by atoms with Crippen LogP contribution in [0.1, 0.15) is 25.7 Å². The molecule has 1 aromatic heterocycles. The number of nitrogens with zero attached hydrogens (tertiary/aromatic N) is 2. The molecule has 28 heavy (non-hydrogen) atoms. The third-order valence-electron chi connectivity index (χ3n) is 4.19. The average Bonchev–Trinajstić information content (AvgIpc) is 2.63. The van der Waals surface area contributed by atoms with Gasteiger partial charge in [0.05, 0.1) is 6.20 Å². The van der Waals surface area contributed by atoms with Crippen LogP contribution in [0.5, 0.6) is 11.6 Å². The van der Waals surface area contributed by atoms with Crippen molar-refractivity contribution in [1.82, 2.24) is 14.7 Å². The van der Waals surface area contributed by atoms with Gasteiger partial charge in [-0.15, -0.1) is 13.2 Å². The van der Waals surface area contributed by atoms with Gasteiger partial charge in [-0.2, -0.15) is 0 Å². The van der Waals surface area contributed by atoms with Gasteiger partial charge in [0.2, 0.25) is 15.9 Å². The normalized spacial score (nSPS) is 20.5. The second-order valence-electron chi connectivity index (χ2n) is 6.25. The summed E-state index contributed by atoms with van der Waals surface area (Å²) >= 11 is 0. The molecule has 0 spiro atoms. The number of ether oxygens (including phenoxy) is 2. The van der Waals surface area contributed by atoms with Gasteiger partial charge in [-0.1, -0.05) is 12.1 Å². The van der Waals surface area contributed by atoms with Crippen LogP contribution in [0.4, 0.5) is 13.2 Å². The molecule has 1 aliphatic carbocycles. The van der Waals surface area contributed by atoms with Gasteiger partial charge in [0, 0.05) is 18.4 Å². The first-order valence-electron chi connectivity index (χ1n) is 8.53. The maximum atomic E-state index is 12.6. The Balaban J connectivity index is 1.62. The molecule has 0 saturated heterocycles. The summed E-state index contributed by atoms with van der Waals surface area (Å²) in [7, 11) is -4.18. The van der Waals surface area contributed by atoms with Crippen LogP contribution in [-0.2, 0) is 10.0 Å². The molecular weight excluding hydrogens is 399 g/mol. The van der Waals surface area contributed by atoms with Crippen molar-refractivity contribution in [2.45, 2.75) is 49.1 Å². The summed E-state index contributed by atoms with van der Waals surface area (Å²) in [6.45, 7) is 0. The molecule has 0 aliphatic heterocycles.